The second-order valence-corrected chi connectivity index (χ2v) is 7.33. The monoisotopic (exact) mass is 362 g/mol. The molecule has 1 aromatic heterocycles. The molecule has 0 saturated heterocycles. The van der Waals surface area contributed by atoms with Crippen LogP contribution in [0.15, 0.2) is 77.3 Å². The number of rotatable bonds is 2. The van der Waals surface area contributed by atoms with E-state index in [9.17, 15) is 19.8 Å². The molecular formula is C21H14O4S. The Kier molecular flexibility index (Phi) is 3.74. The van der Waals surface area contributed by atoms with E-state index in [-0.39, 0.29) is 39.8 Å². The van der Waals surface area contributed by atoms with Crippen molar-refractivity contribution in [2.24, 2.45) is 0 Å². The summed E-state index contributed by atoms with van der Waals surface area (Å²) in [6.45, 7) is 1.95. The fourth-order valence-electron chi connectivity index (χ4n) is 3.13. The lowest BCUT2D eigenvalue weighted by Crippen LogP contribution is -2.24. The highest BCUT2D eigenvalue weighted by Gasteiger charge is 2.39. The van der Waals surface area contributed by atoms with Crippen molar-refractivity contribution in [3.05, 3.63) is 87.7 Å². The van der Waals surface area contributed by atoms with Crippen LogP contribution >= 0.6 is 11.3 Å². The van der Waals surface area contributed by atoms with Gasteiger partial charge in [-0.3, -0.25) is 9.59 Å². The van der Waals surface area contributed by atoms with E-state index >= 15 is 0 Å². The predicted molar refractivity (Wildman–Crippen MR) is 101 cm³/mol. The minimum atomic E-state index is -0.359. The third kappa shape index (κ3) is 2.45. The number of Topliss-reactive ketones (excluding diaryl/α,β-unsaturated/α-hetero) is 1. The summed E-state index contributed by atoms with van der Waals surface area (Å²) in [6, 6.07) is 11.6. The van der Waals surface area contributed by atoms with Gasteiger partial charge in [0.15, 0.2) is 5.78 Å². The fraction of sp³-hybridized carbons (Fsp3) is 0.0476. The Morgan fingerprint density at radius 1 is 0.962 bits per heavy atom. The van der Waals surface area contributed by atoms with E-state index in [1.165, 1.54) is 12.2 Å². The number of aliphatic hydroxyl groups is 2. The van der Waals surface area contributed by atoms with Gasteiger partial charge in [-0.2, -0.15) is 0 Å². The molecule has 128 valence electrons. The molecule has 0 bridgehead atoms. The number of allylic oxidation sites excluding steroid dienone is 5. The van der Waals surface area contributed by atoms with Gasteiger partial charge in [-0.15, -0.1) is 11.3 Å². The number of ketones is 2. The van der Waals surface area contributed by atoms with E-state index in [1.807, 2.05) is 43.3 Å². The number of carbonyl (C=O) groups is 2. The molecule has 0 aliphatic heterocycles. The topological polar surface area (TPSA) is 74.6 Å². The number of carbonyl (C=O) groups excluding carboxylic acids is 2. The maximum atomic E-state index is 12.8. The molecule has 1 aromatic carbocycles. The highest BCUT2D eigenvalue weighted by Crippen LogP contribution is 2.45. The summed E-state index contributed by atoms with van der Waals surface area (Å²) in [4.78, 5) is 26.0. The van der Waals surface area contributed by atoms with Gasteiger partial charge >= 0.3 is 0 Å². The molecule has 26 heavy (non-hydrogen) atoms. The van der Waals surface area contributed by atoms with Crippen molar-refractivity contribution in [2.45, 2.75) is 6.92 Å². The Balaban J connectivity index is 1.86. The first-order valence-electron chi connectivity index (χ1n) is 7.99. The molecular weight excluding hydrogens is 348 g/mol. The first kappa shape index (κ1) is 16.3. The molecule has 0 radical (unpaired) electrons. The summed E-state index contributed by atoms with van der Waals surface area (Å²) < 4.78 is 0. The summed E-state index contributed by atoms with van der Waals surface area (Å²) >= 11 is 1.55. The number of aliphatic hydroxyl groups excluding tert-OH is 2. The van der Waals surface area contributed by atoms with Crippen molar-refractivity contribution in [3.63, 3.8) is 0 Å². The van der Waals surface area contributed by atoms with E-state index in [0.717, 1.165) is 21.4 Å². The molecule has 0 amide bonds. The molecule has 2 aromatic rings. The summed E-state index contributed by atoms with van der Waals surface area (Å²) in [7, 11) is 0. The third-order valence-corrected chi connectivity index (χ3v) is 5.43. The van der Waals surface area contributed by atoms with Crippen molar-refractivity contribution >= 4 is 28.5 Å². The molecule has 0 atom stereocenters. The van der Waals surface area contributed by atoms with Gasteiger partial charge in [0.05, 0.1) is 11.1 Å². The Labute approximate surface area is 153 Å². The van der Waals surface area contributed by atoms with Crippen LogP contribution in [0.25, 0.3) is 16.0 Å². The molecule has 4 nitrogen and oxygen atoms in total. The normalized spacial score (nSPS) is 19.7. The van der Waals surface area contributed by atoms with Crippen LogP contribution in [0, 0.1) is 6.92 Å². The van der Waals surface area contributed by atoms with Crippen molar-refractivity contribution in [2.75, 3.05) is 0 Å². The van der Waals surface area contributed by atoms with Crippen molar-refractivity contribution in [1.29, 1.82) is 0 Å². The second-order valence-electron chi connectivity index (χ2n) is 6.07. The Morgan fingerprint density at radius 3 is 2.35 bits per heavy atom. The van der Waals surface area contributed by atoms with Gasteiger partial charge in [0.2, 0.25) is 5.78 Å². The van der Waals surface area contributed by atoms with Gasteiger partial charge < -0.3 is 10.2 Å². The van der Waals surface area contributed by atoms with Gasteiger partial charge in [-0.1, -0.05) is 30.3 Å². The van der Waals surface area contributed by atoms with E-state index in [4.69, 9.17) is 0 Å². The Bertz CT molecular complexity index is 1080. The van der Waals surface area contributed by atoms with E-state index in [1.54, 1.807) is 11.3 Å². The van der Waals surface area contributed by atoms with Crippen LogP contribution < -0.4 is 0 Å². The maximum absolute atomic E-state index is 12.8. The van der Waals surface area contributed by atoms with Crippen molar-refractivity contribution in [3.8, 4) is 10.4 Å². The van der Waals surface area contributed by atoms with E-state index in [2.05, 4.69) is 0 Å². The first-order valence-corrected chi connectivity index (χ1v) is 8.81. The molecule has 2 aliphatic rings. The minimum absolute atomic E-state index is 0.0420. The van der Waals surface area contributed by atoms with E-state index in [0.29, 0.717) is 5.56 Å². The summed E-state index contributed by atoms with van der Waals surface area (Å²) in [6.07, 6.45) is 3.64. The summed E-state index contributed by atoms with van der Waals surface area (Å²) in [5.41, 5.74) is 2.11. The fourth-order valence-corrected chi connectivity index (χ4v) is 4.15. The van der Waals surface area contributed by atoms with Crippen LogP contribution in [0.4, 0.5) is 0 Å². The predicted octanol–water partition coefficient (Wildman–Crippen LogP) is 4.45. The van der Waals surface area contributed by atoms with Crippen LogP contribution in [0.5, 0.6) is 0 Å². The van der Waals surface area contributed by atoms with Gasteiger partial charge in [0.25, 0.3) is 0 Å². The third-order valence-electron chi connectivity index (χ3n) is 4.33. The lowest BCUT2D eigenvalue weighted by Gasteiger charge is -2.24. The maximum Gasteiger partial charge on any atom is 0.201 e. The van der Waals surface area contributed by atoms with Crippen molar-refractivity contribution < 1.29 is 19.8 Å². The van der Waals surface area contributed by atoms with Crippen LogP contribution in [-0.4, -0.2) is 21.8 Å². The average molecular weight is 362 g/mol. The smallest absolute Gasteiger partial charge is 0.201 e. The zero-order valence-electron chi connectivity index (χ0n) is 13.8. The molecule has 5 heteroatoms. The average Bonchev–Trinajstić information content (AvgIpc) is 2.99. The zero-order chi connectivity index (χ0) is 18.4. The van der Waals surface area contributed by atoms with Gasteiger partial charge in [0.1, 0.15) is 11.5 Å². The molecule has 0 fully saturated rings. The lowest BCUT2D eigenvalue weighted by molar-refractivity contribution is -0.112. The molecule has 1 heterocycles. The van der Waals surface area contributed by atoms with Crippen LogP contribution in [0.1, 0.15) is 10.4 Å². The molecule has 2 aliphatic carbocycles. The van der Waals surface area contributed by atoms with Gasteiger partial charge in [-0.25, -0.2) is 0 Å². The largest absolute Gasteiger partial charge is 0.507 e. The van der Waals surface area contributed by atoms with Crippen molar-refractivity contribution in [1.82, 2.24) is 0 Å². The van der Waals surface area contributed by atoms with Gasteiger partial charge in [0, 0.05) is 27.0 Å². The Hall–Kier alpha value is -3.18. The molecule has 0 saturated carbocycles. The summed E-state index contributed by atoms with van der Waals surface area (Å²) in [5.74, 6) is -1.16. The number of benzene rings is 1. The molecule has 4 rings (SSSR count). The number of hydrogen-bond acceptors (Lipinski definition) is 5. The second kappa shape index (κ2) is 5.97. The number of thiophene rings is 1. The highest BCUT2D eigenvalue weighted by atomic mass is 32.1. The summed E-state index contributed by atoms with van der Waals surface area (Å²) in [5, 5.41) is 20.5. The number of aryl methyl sites for hydroxylation is 1. The molecule has 0 unspecified atom stereocenters. The Morgan fingerprint density at radius 2 is 1.69 bits per heavy atom. The van der Waals surface area contributed by atoms with Crippen LogP contribution in [0.3, 0.4) is 0 Å². The zero-order valence-corrected chi connectivity index (χ0v) is 14.6. The van der Waals surface area contributed by atoms with Crippen LogP contribution in [0.2, 0.25) is 0 Å². The lowest BCUT2D eigenvalue weighted by atomic mass is 9.79. The SMILES string of the molecule is Cc1cc(C2=C(O)/C(=C3\C=CC(=O)C=C3O)C2=O)c(-c2ccccc2)s1. The number of hydrogen-bond donors (Lipinski definition) is 2. The standard InChI is InChI=1S/C21H14O4S/c1-11-9-15(21(26-11)12-5-3-2-4-6-12)18-19(24)17(20(18)25)14-8-7-13(22)10-16(14)23/h2-10,23-24H,1H3/b17-14-. The van der Waals surface area contributed by atoms with Crippen LogP contribution in [-0.2, 0) is 9.59 Å². The van der Waals surface area contributed by atoms with E-state index < -0.39 is 0 Å². The minimum Gasteiger partial charge on any atom is -0.507 e. The quantitative estimate of drug-likeness (QED) is 0.774. The molecule has 0 spiro atoms. The molecule has 2 N–H and O–H groups in total. The van der Waals surface area contributed by atoms with Gasteiger partial charge in [-0.05, 0) is 30.7 Å². The first-order chi connectivity index (χ1) is 12.5. The highest BCUT2D eigenvalue weighted by molar-refractivity contribution is 7.15.